The van der Waals surface area contributed by atoms with Gasteiger partial charge in [0.15, 0.2) is 0 Å². The van der Waals surface area contributed by atoms with E-state index in [4.69, 9.17) is 4.74 Å². The van der Waals surface area contributed by atoms with Crippen molar-refractivity contribution in [3.8, 4) is 5.75 Å². The first-order valence-electron chi connectivity index (χ1n) is 10.3. The van der Waals surface area contributed by atoms with E-state index in [1.807, 2.05) is 74.2 Å². The number of carbonyl (C=O) groups is 2. The average Bonchev–Trinajstić information content (AvgIpc) is 2.69. The Balaban J connectivity index is 1.67. The minimum atomic E-state index is -0.0604. The molecule has 0 radical (unpaired) electrons. The molecule has 3 rings (SSSR count). The number of rotatable bonds is 6. The second-order valence-corrected chi connectivity index (χ2v) is 8.85. The lowest BCUT2D eigenvalue weighted by Gasteiger charge is -2.36. The van der Waals surface area contributed by atoms with Crippen molar-refractivity contribution in [2.75, 3.05) is 30.4 Å². The molecule has 0 aromatic heterocycles. The standard InChI is InChI=1S/C24H31N3O3/c1-24(2,3)16-22(28)25-19-10-12-20(13-11-19)27-15-7-14-26(23(27)29)17-18-8-5-6-9-21(18)30-4/h5-6,8-13H,7,14-17H2,1-4H3,(H,25,28). The largest absolute Gasteiger partial charge is 0.496 e. The van der Waals surface area contributed by atoms with Gasteiger partial charge in [-0.3, -0.25) is 9.69 Å². The van der Waals surface area contributed by atoms with Crippen molar-refractivity contribution in [3.63, 3.8) is 0 Å². The van der Waals surface area contributed by atoms with Gasteiger partial charge in [0.25, 0.3) is 0 Å². The summed E-state index contributed by atoms with van der Waals surface area (Å²) in [5.74, 6) is 0.782. The van der Waals surface area contributed by atoms with Gasteiger partial charge in [0.2, 0.25) is 5.91 Å². The number of anilines is 2. The molecule has 0 bridgehead atoms. The fourth-order valence-electron chi connectivity index (χ4n) is 3.62. The van der Waals surface area contributed by atoms with Crippen LogP contribution in [0, 0.1) is 5.41 Å². The molecular weight excluding hydrogens is 378 g/mol. The first kappa shape index (κ1) is 21.7. The van der Waals surface area contributed by atoms with Crippen molar-refractivity contribution < 1.29 is 14.3 Å². The van der Waals surface area contributed by atoms with Gasteiger partial charge in [0, 0.05) is 36.4 Å². The Hall–Kier alpha value is -3.02. The first-order chi connectivity index (χ1) is 14.3. The number of benzene rings is 2. The summed E-state index contributed by atoms with van der Waals surface area (Å²) in [5, 5.41) is 2.93. The Morgan fingerprint density at radius 3 is 2.43 bits per heavy atom. The predicted molar refractivity (Wildman–Crippen MR) is 120 cm³/mol. The number of hydrogen-bond donors (Lipinski definition) is 1. The Morgan fingerprint density at radius 1 is 1.07 bits per heavy atom. The highest BCUT2D eigenvalue weighted by atomic mass is 16.5. The maximum absolute atomic E-state index is 13.1. The van der Waals surface area contributed by atoms with Crippen LogP contribution in [-0.4, -0.2) is 37.0 Å². The molecule has 6 heteroatoms. The molecule has 6 nitrogen and oxygen atoms in total. The Kier molecular flexibility index (Phi) is 6.65. The van der Waals surface area contributed by atoms with Crippen LogP contribution in [0.15, 0.2) is 48.5 Å². The maximum atomic E-state index is 13.1. The van der Waals surface area contributed by atoms with E-state index in [2.05, 4.69) is 5.32 Å². The fraction of sp³-hybridized carbons (Fsp3) is 0.417. The summed E-state index contributed by atoms with van der Waals surface area (Å²) in [4.78, 5) is 28.9. The molecule has 0 aliphatic carbocycles. The lowest BCUT2D eigenvalue weighted by Crippen LogP contribution is -2.49. The van der Waals surface area contributed by atoms with Crippen molar-refractivity contribution >= 4 is 23.3 Å². The van der Waals surface area contributed by atoms with E-state index in [1.165, 1.54) is 0 Å². The quantitative estimate of drug-likeness (QED) is 0.738. The van der Waals surface area contributed by atoms with Gasteiger partial charge in [0.05, 0.1) is 13.7 Å². The van der Waals surface area contributed by atoms with Gasteiger partial charge in [0.1, 0.15) is 5.75 Å². The zero-order valence-corrected chi connectivity index (χ0v) is 18.3. The second kappa shape index (κ2) is 9.20. The van der Waals surface area contributed by atoms with Gasteiger partial charge in [-0.1, -0.05) is 39.0 Å². The highest BCUT2D eigenvalue weighted by Crippen LogP contribution is 2.26. The van der Waals surface area contributed by atoms with Crippen LogP contribution < -0.4 is 15.0 Å². The van der Waals surface area contributed by atoms with Gasteiger partial charge >= 0.3 is 6.03 Å². The molecule has 0 unspecified atom stereocenters. The zero-order chi connectivity index (χ0) is 21.7. The summed E-state index contributed by atoms with van der Waals surface area (Å²) in [7, 11) is 1.64. The minimum Gasteiger partial charge on any atom is -0.496 e. The first-order valence-corrected chi connectivity index (χ1v) is 10.3. The van der Waals surface area contributed by atoms with Crippen LogP contribution in [0.25, 0.3) is 0 Å². The number of carbonyl (C=O) groups excluding carboxylic acids is 2. The molecule has 160 valence electrons. The summed E-state index contributed by atoms with van der Waals surface area (Å²) in [6, 6.07) is 15.2. The Bertz CT molecular complexity index is 887. The van der Waals surface area contributed by atoms with Crippen molar-refractivity contribution in [1.29, 1.82) is 0 Å². The third-order valence-corrected chi connectivity index (χ3v) is 5.02. The summed E-state index contributed by atoms with van der Waals surface area (Å²) in [6.07, 6.45) is 1.35. The predicted octanol–water partition coefficient (Wildman–Crippen LogP) is 4.90. The molecule has 0 saturated carbocycles. The SMILES string of the molecule is COc1ccccc1CN1CCCN(c2ccc(NC(=O)CC(C)(C)C)cc2)C1=O. The fourth-order valence-corrected chi connectivity index (χ4v) is 3.62. The molecule has 1 heterocycles. The zero-order valence-electron chi connectivity index (χ0n) is 18.3. The van der Waals surface area contributed by atoms with Crippen molar-refractivity contribution in [2.45, 2.75) is 40.2 Å². The normalized spacial score (nSPS) is 14.6. The van der Waals surface area contributed by atoms with Gasteiger partial charge in [-0.05, 0) is 42.2 Å². The van der Waals surface area contributed by atoms with Crippen molar-refractivity contribution in [1.82, 2.24) is 4.90 Å². The number of nitrogens with one attached hydrogen (secondary N) is 1. The van der Waals surface area contributed by atoms with E-state index in [-0.39, 0.29) is 17.4 Å². The second-order valence-electron chi connectivity index (χ2n) is 8.85. The molecule has 2 aromatic carbocycles. The Morgan fingerprint density at radius 2 is 1.77 bits per heavy atom. The van der Waals surface area contributed by atoms with Gasteiger partial charge < -0.3 is 15.0 Å². The topological polar surface area (TPSA) is 61.9 Å². The number of nitrogens with zero attached hydrogens (tertiary/aromatic N) is 2. The van der Waals surface area contributed by atoms with Gasteiger partial charge in [-0.2, -0.15) is 0 Å². The third-order valence-electron chi connectivity index (χ3n) is 5.02. The molecule has 3 amide bonds. The summed E-state index contributed by atoms with van der Waals surface area (Å²) in [5.41, 5.74) is 2.50. The molecule has 2 aromatic rings. The lowest BCUT2D eigenvalue weighted by molar-refractivity contribution is -0.117. The van der Waals surface area contributed by atoms with Crippen molar-refractivity contribution in [3.05, 3.63) is 54.1 Å². The summed E-state index contributed by atoms with van der Waals surface area (Å²) >= 11 is 0. The van der Waals surface area contributed by atoms with E-state index < -0.39 is 0 Å². The smallest absolute Gasteiger partial charge is 0.324 e. The highest BCUT2D eigenvalue weighted by Gasteiger charge is 2.27. The van der Waals surface area contributed by atoms with Crippen LogP contribution >= 0.6 is 0 Å². The number of ether oxygens (including phenoxy) is 1. The minimum absolute atomic E-state index is 0.00715. The number of urea groups is 1. The van der Waals surface area contributed by atoms with E-state index in [0.717, 1.165) is 29.1 Å². The lowest BCUT2D eigenvalue weighted by atomic mass is 9.92. The molecule has 1 N–H and O–H groups in total. The molecule has 1 aliphatic heterocycles. The molecule has 0 spiro atoms. The number of para-hydroxylation sites is 1. The molecule has 1 saturated heterocycles. The molecular formula is C24H31N3O3. The molecule has 0 atom stereocenters. The van der Waals surface area contributed by atoms with E-state index in [0.29, 0.717) is 26.1 Å². The van der Waals surface area contributed by atoms with E-state index in [9.17, 15) is 9.59 Å². The number of methoxy groups -OCH3 is 1. The average molecular weight is 410 g/mol. The van der Waals surface area contributed by atoms with Crippen LogP contribution in [0.5, 0.6) is 5.75 Å². The van der Waals surface area contributed by atoms with Crippen LogP contribution in [-0.2, 0) is 11.3 Å². The highest BCUT2D eigenvalue weighted by molar-refractivity contribution is 5.94. The van der Waals surface area contributed by atoms with Crippen LogP contribution in [0.1, 0.15) is 39.2 Å². The van der Waals surface area contributed by atoms with Gasteiger partial charge in [-0.15, -0.1) is 0 Å². The summed E-state index contributed by atoms with van der Waals surface area (Å²) < 4.78 is 5.42. The van der Waals surface area contributed by atoms with Gasteiger partial charge in [-0.25, -0.2) is 4.79 Å². The van der Waals surface area contributed by atoms with E-state index >= 15 is 0 Å². The molecule has 1 fully saturated rings. The Labute approximate surface area is 178 Å². The van der Waals surface area contributed by atoms with Crippen LogP contribution in [0.4, 0.5) is 16.2 Å². The third kappa shape index (κ3) is 5.53. The van der Waals surface area contributed by atoms with Crippen LogP contribution in [0.3, 0.4) is 0 Å². The number of hydrogen-bond acceptors (Lipinski definition) is 3. The monoisotopic (exact) mass is 409 g/mol. The van der Waals surface area contributed by atoms with Crippen LogP contribution in [0.2, 0.25) is 0 Å². The summed E-state index contributed by atoms with van der Waals surface area (Å²) in [6.45, 7) is 8.02. The maximum Gasteiger partial charge on any atom is 0.324 e. The number of amides is 3. The molecule has 30 heavy (non-hydrogen) atoms. The van der Waals surface area contributed by atoms with E-state index in [1.54, 1.807) is 12.0 Å². The van der Waals surface area contributed by atoms with Crippen molar-refractivity contribution in [2.24, 2.45) is 5.41 Å². The molecule has 1 aliphatic rings.